The summed E-state index contributed by atoms with van der Waals surface area (Å²) in [6.07, 6.45) is 1.85. The number of phenols is 1. The fourth-order valence-corrected chi connectivity index (χ4v) is 2.72. The Bertz CT molecular complexity index is 535. The summed E-state index contributed by atoms with van der Waals surface area (Å²) in [6.45, 7) is 4.60. The maximum atomic E-state index is 12.1. The number of aromatic hydroxyl groups is 1. The third-order valence-electron chi connectivity index (χ3n) is 3.82. The SMILES string of the molecule is CC1CCc2c(cc3c(c2O)C(=O)CC(C)O3)OC1. The molecule has 19 heavy (non-hydrogen) atoms. The summed E-state index contributed by atoms with van der Waals surface area (Å²) in [5.74, 6) is 1.56. The Hall–Kier alpha value is -1.71. The van der Waals surface area contributed by atoms with Crippen molar-refractivity contribution in [3.05, 3.63) is 17.2 Å². The van der Waals surface area contributed by atoms with Crippen LogP contribution in [0.2, 0.25) is 0 Å². The first-order chi connectivity index (χ1) is 9.06. The maximum Gasteiger partial charge on any atom is 0.174 e. The number of fused-ring (bicyclic) bond motifs is 2. The van der Waals surface area contributed by atoms with E-state index in [0.29, 0.717) is 36.0 Å². The largest absolute Gasteiger partial charge is 0.507 e. The predicted octanol–water partition coefficient (Wildman–Crippen LogP) is 2.71. The molecule has 3 rings (SSSR count). The minimum atomic E-state index is -0.151. The molecule has 4 nitrogen and oxygen atoms in total. The Kier molecular flexibility index (Phi) is 2.88. The van der Waals surface area contributed by atoms with Crippen LogP contribution in [0, 0.1) is 5.92 Å². The van der Waals surface area contributed by atoms with Crippen LogP contribution in [-0.4, -0.2) is 23.6 Å². The lowest BCUT2D eigenvalue weighted by Gasteiger charge is -2.24. The van der Waals surface area contributed by atoms with Crippen LogP contribution >= 0.6 is 0 Å². The molecule has 4 heteroatoms. The number of carbonyl (C=O) groups is 1. The minimum absolute atomic E-state index is 0.0497. The lowest BCUT2D eigenvalue weighted by molar-refractivity contribution is 0.0865. The molecule has 1 aromatic rings. The van der Waals surface area contributed by atoms with E-state index >= 15 is 0 Å². The van der Waals surface area contributed by atoms with Gasteiger partial charge in [-0.05, 0) is 25.7 Å². The summed E-state index contributed by atoms with van der Waals surface area (Å²) in [6, 6.07) is 1.76. The lowest BCUT2D eigenvalue weighted by Crippen LogP contribution is -2.24. The van der Waals surface area contributed by atoms with Crippen LogP contribution in [0.15, 0.2) is 6.07 Å². The van der Waals surface area contributed by atoms with Gasteiger partial charge in [0.1, 0.15) is 28.9 Å². The lowest BCUT2D eigenvalue weighted by atomic mass is 9.94. The van der Waals surface area contributed by atoms with Crippen molar-refractivity contribution in [3.63, 3.8) is 0 Å². The van der Waals surface area contributed by atoms with Gasteiger partial charge in [0, 0.05) is 18.1 Å². The van der Waals surface area contributed by atoms with Crippen molar-refractivity contribution in [2.45, 2.75) is 39.2 Å². The van der Waals surface area contributed by atoms with Gasteiger partial charge in [-0.1, -0.05) is 6.92 Å². The maximum absolute atomic E-state index is 12.1. The normalized spacial score (nSPS) is 25.7. The highest BCUT2D eigenvalue weighted by molar-refractivity contribution is 6.03. The molecule has 0 aliphatic carbocycles. The second kappa shape index (κ2) is 4.44. The third-order valence-corrected chi connectivity index (χ3v) is 3.82. The smallest absolute Gasteiger partial charge is 0.174 e. The van der Waals surface area contributed by atoms with Gasteiger partial charge in [0.2, 0.25) is 0 Å². The molecule has 2 atom stereocenters. The first kappa shape index (κ1) is 12.3. The van der Waals surface area contributed by atoms with E-state index in [4.69, 9.17) is 9.47 Å². The van der Waals surface area contributed by atoms with Gasteiger partial charge in [0.25, 0.3) is 0 Å². The molecule has 2 unspecified atom stereocenters. The number of hydrogen-bond donors (Lipinski definition) is 1. The quantitative estimate of drug-likeness (QED) is 0.781. The van der Waals surface area contributed by atoms with Crippen LogP contribution in [-0.2, 0) is 6.42 Å². The summed E-state index contributed by atoms with van der Waals surface area (Å²) >= 11 is 0. The Morgan fingerprint density at radius 3 is 2.89 bits per heavy atom. The zero-order valence-electron chi connectivity index (χ0n) is 11.2. The van der Waals surface area contributed by atoms with Crippen molar-refractivity contribution < 1.29 is 19.4 Å². The van der Waals surface area contributed by atoms with Crippen LogP contribution in [0.25, 0.3) is 0 Å². The summed E-state index contributed by atoms with van der Waals surface area (Å²) in [5, 5.41) is 10.4. The zero-order valence-corrected chi connectivity index (χ0v) is 11.2. The molecular weight excluding hydrogens is 244 g/mol. The van der Waals surface area contributed by atoms with E-state index in [0.717, 1.165) is 18.4 Å². The average molecular weight is 262 g/mol. The molecular formula is C15H18O4. The highest BCUT2D eigenvalue weighted by Gasteiger charge is 2.31. The van der Waals surface area contributed by atoms with Gasteiger partial charge in [0.05, 0.1) is 6.61 Å². The van der Waals surface area contributed by atoms with Crippen molar-refractivity contribution >= 4 is 5.78 Å². The Labute approximate surface area is 112 Å². The van der Waals surface area contributed by atoms with Crippen molar-refractivity contribution in [2.24, 2.45) is 5.92 Å². The van der Waals surface area contributed by atoms with Crippen molar-refractivity contribution in [1.82, 2.24) is 0 Å². The van der Waals surface area contributed by atoms with Crippen LogP contribution in [0.3, 0.4) is 0 Å². The molecule has 0 fully saturated rings. The average Bonchev–Trinajstić information content (AvgIpc) is 2.51. The second-order valence-corrected chi connectivity index (χ2v) is 5.59. The van der Waals surface area contributed by atoms with Crippen molar-refractivity contribution in [2.75, 3.05) is 6.61 Å². The molecule has 2 heterocycles. The fourth-order valence-electron chi connectivity index (χ4n) is 2.72. The molecule has 2 aliphatic heterocycles. The van der Waals surface area contributed by atoms with Crippen molar-refractivity contribution in [3.8, 4) is 17.2 Å². The van der Waals surface area contributed by atoms with E-state index in [9.17, 15) is 9.90 Å². The number of ketones is 1. The molecule has 0 amide bonds. The van der Waals surface area contributed by atoms with Gasteiger partial charge in [-0.25, -0.2) is 0 Å². The van der Waals surface area contributed by atoms with E-state index in [1.54, 1.807) is 6.07 Å². The van der Waals surface area contributed by atoms with Gasteiger partial charge in [0.15, 0.2) is 5.78 Å². The summed E-state index contributed by atoms with van der Waals surface area (Å²) < 4.78 is 11.4. The fraction of sp³-hybridized carbons (Fsp3) is 0.533. The number of carbonyl (C=O) groups excluding carboxylic acids is 1. The van der Waals surface area contributed by atoms with Gasteiger partial charge in [-0.15, -0.1) is 0 Å². The Morgan fingerprint density at radius 2 is 2.11 bits per heavy atom. The molecule has 102 valence electrons. The number of rotatable bonds is 0. The van der Waals surface area contributed by atoms with E-state index in [-0.39, 0.29) is 17.6 Å². The molecule has 0 saturated carbocycles. The summed E-state index contributed by atoms with van der Waals surface area (Å²) in [7, 11) is 0. The highest BCUT2D eigenvalue weighted by Crippen LogP contribution is 2.43. The van der Waals surface area contributed by atoms with Crippen molar-refractivity contribution in [1.29, 1.82) is 0 Å². The predicted molar refractivity (Wildman–Crippen MR) is 70.1 cm³/mol. The van der Waals surface area contributed by atoms with Gasteiger partial charge < -0.3 is 14.6 Å². The Morgan fingerprint density at radius 1 is 1.32 bits per heavy atom. The summed E-state index contributed by atoms with van der Waals surface area (Å²) in [5.41, 5.74) is 1.07. The monoisotopic (exact) mass is 262 g/mol. The zero-order chi connectivity index (χ0) is 13.6. The van der Waals surface area contributed by atoms with E-state index in [1.165, 1.54) is 0 Å². The molecule has 1 N–H and O–H groups in total. The van der Waals surface area contributed by atoms with Gasteiger partial charge in [-0.3, -0.25) is 4.79 Å². The molecule has 0 radical (unpaired) electrons. The van der Waals surface area contributed by atoms with Crippen LogP contribution in [0.5, 0.6) is 17.2 Å². The Balaban J connectivity index is 2.11. The molecule has 1 aromatic carbocycles. The van der Waals surface area contributed by atoms with Crippen LogP contribution < -0.4 is 9.47 Å². The van der Waals surface area contributed by atoms with Gasteiger partial charge in [-0.2, -0.15) is 0 Å². The first-order valence-electron chi connectivity index (χ1n) is 6.77. The molecule has 0 saturated heterocycles. The standard InChI is InChI=1S/C15H18O4/c1-8-3-4-10-12(18-7-8)6-13-14(15(10)17)11(16)5-9(2)19-13/h6,8-9,17H,3-5,7H2,1-2H3. The van der Waals surface area contributed by atoms with E-state index < -0.39 is 0 Å². The highest BCUT2D eigenvalue weighted by atomic mass is 16.5. The third kappa shape index (κ3) is 2.05. The van der Waals surface area contributed by atoms with Gasteiger partial charge >= 0.3 is 0 Å². The second-order valence-electron chi connectivity index (χ2n) is 5.59. The number of hydrogen-bond acceptors (Lipinski definition) is 4. The molecule has 0 bridgehead atoms. The number of Topliss-reactive ketones (excluding diaryl/α,β-unsaturated/α-hetero) is 1. The van der Waals surface area contributed by atoms with Crippen LogP contribution in [0.1, 0.15) is 42.6 Å². The topological polar surface area (TPSA) is 55.8 Å². The minimum Gasteiger partial charge on any atom is -0.507 e. The van der Waals surface area contributed by atoms with E-state index in [2.05, 4.69) is 6.92 Å². The molecule has 0 spiro atoms. The number of benzene rings is 1. The van der Waals surface area contributed by atoms with E-state index in [1.807, 2.05) is 6.92 Å². The first-order valence-corrected chi connectivity index (χ1v) is 6.77. The van der Waals surface area contributed by atoms with Crippen LogP contribution in [0.4, 0.5) is 0 Å². The number of ether oxygens (including phenoxy) is 2. The molecule has 2 aliphatic rings. The number of phenolic OH excluding ortho intramolecular Hbond substituents is 1. The summed E-state index contributed by atoms with van der Waals surface area (Å²) in [4.78, 5) is 12.1. The molecule has 0 aromatic heterocycles.